The van der Waals surface area contributed by atoms with Crippen LogP contribution >= 0.6 is 23.2 Å². The number of guanidine groups is 1. The lowest BCUT2D eigenvalue weighted by molar-refractivity contribution is 0.0999. The van der Waals surface area contributed by atoms with Crippen molar-refractivity contribution in [2.24, 2.45) is 22.4 Å². The monoisotopic (exact) mass is 448 g/mol. The Morgan fingerprint density at radius 3 is 2.53 bits per heavy atom. The molecule has 6 nitrogen and oxygen atoms in total. The molecule has 3 rings (SSSR count). The van der Waals surface area contributed by atoms with Crippen LogP contribution in [-0.2, 0) is 6.54 Å². The van der Waals surface area contributed by atoms with Crippen LogP contribution in [0.1, 0.15) is 48.0 Å². The van der Waals surface area contributed by atoms with Gasteiger partial charge in [-0.2, -0.15) is 0 Å². The summed E-state index contributed by atoms with van der Waals surface area (Å²) in [6.45, 7) is 0.935. The molecule has 0 saturated heterocycles. The molecule has 160 valence electrons. The number of carbonyl (C=O) groups excluding carboxylic acids is 1. The van der Waals surface area contributed by atoms with E-state index < -0.39 is 5.91 Å². The Morgan fingerprint density at radius 2 is 1.83 bits per heavy atom. The van der Waals surface area contributed by atoms with E-state index in [4.69, 9.17) is 39.4 Å². The normalized spacial score (nSPS) is 15.1. The van der Waals surface area contributed by atoms with Gasteiger partial charge in [0.15, 0.2) is 5.96 Å². The number of carbonyl (C=O) groups is 1. The van der Waals surface area contributed by atoms with Crippen molar-refractivity contribution >= 4 is 40.8 Å². The van der Waals surface area contributed by atoms with Gasteiger partial charge in [0.25, 0.3) is 0 Å². The molecule has 1 aliphatic rings. The number of benzene rings is 2. The number of ether oxygens (including phenoxy) is 1. The largest absolute Gasteiger partial charge is 0.491 e. The van der Waals surface area contributed by atoms with Crippen LogP contribution in [0.15, 0.2) is 41.4 Å². The van der Waals surface area contributed by atoms with Crippen molar-refractivity contribution in [1.29, 1.82) is 0 Å². The van der Waals surface area contributed by atoms with Crippen molar-refractivity contribution in [3.63, 3.8) is 0 Å². The number of nitrogens with zero attached hydrogens (tertiary/aromatic N) is 1. The van der Waals surface area contributed by atoms with Crippen LogP contribution in [-0.4, -0.2) is 18.5 Å². The fraction of sp³-hybridized carbons (Fsp3) is 0.364. The molecule has 1 aliphatic carbocycles. The SMILES string of the molecule is NC(=O)c1ccc(NC(N)=NCc2ccc(Cl)c(Cl)c2)c(OCC2CCCCC2)c1. The van der Waals surface area contributed by atoms with Crippen LogP contribution < -0.4 is 21.5 Å². The molecule has 2 aromatic carbocycles. The van der Waals surface area contributed by atoms with Gasteiger partial charge in [-0.1, -0.05) is 48.5 Å². The number of hydrogen-bond acceptors (Lipinski definition) is 3. The molecule has 0 aliphatic heterocycles. The van der Waals surface area contributed by atoms with E-state index in [1.165, 1.54) is 19.3 Å². The number of nitrogens with one attached hydrogen (secondary N) is 1. The van der Waals surface area contributed by atoms with Crippen molar-refractivity contribution < 1.29 is 9.53 Å². The zero-order valence-corrected chi connectivity index (χ0v) is 18.2. The molecule has 0 radical (unpaired) electrons. The predicted octanol–water partition coefficient (Wildman–Crippen LogP) is 4.98. The van der Waals surface area contributed by atoms with Gasteiger partial charge in [-0.15, -0.1) is 0 Å². The zero-order chi connectivity index (χ0) is 21.5. The summed E-state index contributed by atoms with van der Waals surface area (Å²) in [6, 6.07) is 10.3. The Hall–Kier alpha value is -2.44. The third-order valence-corrected chi connectivity index (χ3v) is 5.88. The van der Waals surface area contributed by atoms with E-state index in [0.29, 0.717) is 46.1 Å². The van der Waals surface area contributed by atoms with Crippen molar-refractivity contribution in [2.45, 2.75) is 38.6 Å². The molecule has 0 heterocycles. The third-order valence-electron chi connectivity index (χ3n) is 5.14. The maximum absolute atomic E-state index is 11.6. The van der Waals surface area contributed by atoms with Gasteiger partial charge in [0, 0.05) is 5.56 Å². The van der Waals surface area contributed by atoms with Gasteiger partial charge in [0.05, 0.1) is 28.9 Å². The second-order valence-corrected chi connectivity index (χ2v) is 8.28. The number of hydrogen-bond donors (Lipinski definition) is 3. The lowest BCUT2D eigenvalue weighted by Crippen LogP contribution is -2.24. The van der Waals surface area contributed by atoms with Gasteiger partial charge in [0.1, 0.15) is 5.75 Å². The average Bonchev–Trinajstić information content (AvgIpc) is 2.74. The molecule has 8 heteroatoms. The van der Waals surface area contributed by atoms with Crippen LogP contribution in [0.3, 0.4) is 0 Å². The van der Waals surface area contributed by atoms with Gasteiger partial charge in [-0.3, -0.25) is 4.79 Å². The lowest BCUT2D eigenvalue weighted by Gasteiger charge is -2.22. The molecule has 0 spiro atoms. The molecular formula is C22H26Cl2N4O2. The summed E-state index contributed by atoms with van der Waals surface area (Å²) in [5.41, 5.74) is 13.4. The summed E-state index contributed by atoms with van der Waals surface area (Å²) in [7, 11) is 0. The first-order valence-electron chi connectivity index (χ1n) is 10.00. The lowest BCUT2D eigenvalue weighted by atomic mass is 9.90. The minimum Gasteiger partial charge on any atom is -0.491 e. The molecule has 30 heavy (non-hydrogen) atoms. The number of halogens is 2. The Balaban J connectivity index is 1.70. The van der Waals surface area contributed by atoms with Gasteiger partial charge in [-0.25, -0.2) is 4.99 Å². The van der Waals surface area contributed by atoms with E-state index >= 15 is 0 Å². The minimum absolute atomic E-state index is 0.218. The highest BCUT2D eigenvalue weighted by Crippen LogP contribution is 2.29. The van der Waals surface area contributed by atoms with E-state index in [-0.39, 0.29) is 5.96 Å². The zero-order valence-electron chi connectivity index (χ0n) is 16.7. The summed E-state index contributed by atoms with van der Waals surface area (Å²) in [6.07, 6.45) is 6.06. The molecule has 0 aromatic heterocycles. The Bertz CT molecular complexity index is 927. The summed E-state index contributed by atoms with van der Waals surface area (Å²) in [5, 5.41) is 4.01. The molecule has 1 amide bonds. The van der Waals surface area contributed by atoms with Crippen LogP contribution in [0, 0.1) is 5.92 Å². The van der Waals surface area contributed by atoms with E-state index in [1.54, 1.807) is 30.3 Å². The van der Waals surface area contributed by atoms with E-state index in [0.717, 1.165) is 18.4 Å². The third kappa shape index (κ3) is 6.28. The molecule has 0 atom stereocenters. The van der Waals surface area contributed by atoms with Gasteiger partial charge in [-0.05, 0) is 54.7 Å². The standard InChI is InChI=1S/C22H26Cl2N4O2/c23-17-8-6-15(10-18(17)24)12-27-22(26)28-19-9-7-16(21(25)29)11-20(19)30-13-14-4-2-1-3-5-14/h6-11,14H,1-5,12-13H2,(H2,25,29)(H3,26,27,28). The predicted molar refractivity (Wildman–Crippen MR) is 122 cm³/mol. The highest BCUT2D eigenvalue weighted by Gasteiger charge is 2.16. The van der Waals surface area contributed by atoms with Crippen molar-refractivity contribution in [3.05, 3.63) is 57.6 Å². The van der Waals surface area contributed by atoms with Crippen LogP contribution in [0.25, 0.3) is 0 Å². The van der Waals surface area contributed by atoms with E-state index in [2.05, 4.69) is 10.3 Å². The number of amides is 1. The Kier molecular flexibility index (Phi) is 7.82. The first-order valence-corrected chi connectivity index (χ1v) is 10.8. The number of aliphatic imine (C=N–C) groups is 1. The maximum atomic E-state index is 11.6. The molecule has 1 fully saturated rings. The molecule has 0 bridgehead atoms. The highest BCUT2D eigenvalue weighted by atomic mass is 35.5. The molecule has 0 unspecified atom stereocenters. The topological polar surface area (TPSA) is 103 Å². The minimum atomic E-state index is -0.509. The van der Waals surface area contributed by atoms with Gasteiger partial charge >= 0.3 is 0 Å². The average molecular weight is 449 g/mol. The van der Waals surface area contributed by atoms with Crippen LogP contribution in [0.5, 0.6) is 5.75 Å². The second kappa shape index (κ2) is 10.5. The van der Waals surface area contributed by atoms with Crippen molar-refractivity contribution in [2.75, 3.05) is 11.9 Å². The molecule has 5 N–H and O–H groups in total. The van der Waals surface area contributed by atoms with E-state index in [9.17, 15) is 4.79 Å². The fourth-order valence-corrected chi connectivity index (χ4v) is 3.77. The Morgan fingerprint density at radius 1 is 1.07 bits per heavy atom. The maximum Gasteiger partial charge on any atom is 0.248 e. The summed E-state index contributed by atoms with van der Waals surface area (Å²) >= 11 is 12.0. The number of primary amides is 1. The Labute approximate surface area is 186 Å². The first-order chi connectivity index (χ1) is 14.4. The molecule has 1 saturated carbocycles. The highest BCUT2D eigenvalue weighted by molar-refractivity contribution is 6.42. The molecule has 2 aromatic rings. The van der Waals surface area contributed by atoms with Gasteiger partial charge < -0.3 is 21.5 Å². The second-order valence-electron chi connectivity index (χ2n) is 7.47. The first kappa shape index (κ1) is 22.2. The number of nitrogens with two attached hydrogens (primary N) is 2. The number of rotatable bonds is 7. The fourth-order valence-electron chi connectivity index (χ4n) is 3.45. The summed E-state index contributed by atoms with van der Waals surface area (Å²) in [5.74, 6) is 0.759. The van der Waals surface area contributed by atoms with Crippen LogP contribution in [0.4, 0.5) is 5.69 Å². The van der Waals surface area contributed by atoms with Gasteiger partial charge in [0.2, 0.25) is 5.91 Å². The van der Waals surface area contributed by atoms with Crippen molar-refractivity contribution in [1.82, 2.24) is 0 Å². The van der Waals surface area contributed by atoms with Crippen molar-refractivity contribution in [3.8, 4) is 5.75 Å². The van der Waals surface area contributed by atoms with Crippen LogP contribution in [0.2, 0.25) is 10.0 Å². The summed E-state index contributed by atoms with van der Waals surface area (Å²) < 4.78 is 6.05. The smallest absolute Gasteiger partial charge is 0.248 e. The molecular weight excluding hydrogens is 423 g/mol. The quantitative estimate of drug-likeness (QED) is 0.410. The summed E-state index contributed by atoms with van der Waals surface area (Å²) in [4.78, 5) is 15.9. The number of anilines is 1. The van der Waals surface area contributed by atoms with E-state index in [1.807, 2.05) is 6.07 Å².